The molecule has 4 nitrogen and oxygen atoms in total. The summed E-state index contributed by atoms with van der Waals surface area (Å²) in [7, 11) is 0. The Labute approximate surface area is 148 Å². The van der Waals surface area contributed by atoms with E-state index in [0.29, 0.717) is 11.7 Å². The van der Waals surface area contributed by atoms with E-state index in [9.17, 15) is 9.59 Å². The number of hydrogen-bond acceptors (Lipinski definition) is 5. The van der Waals surface area contributed by atoms with Gasteiger partial charge in [0.05, 0.1) is 22.5 Å². The smallest absolute Gasteiger partial charge is 0.239 e. The fourth-order valence-corrected chi connectivity index (χ4v) is 3.71. The fraction of sp³-hybridized carbons (Fsp3) is 0.167. The van der Waals surface area contributed by atoms with Crippen molar-refractivity contribution >= 4 is 49.5 Å². The Bertz CT molecular complexity index is 829. The summed E-state index contributed by atoms with van der Waals surface area (Å²) in [6.07, 6.45) is 0. The van der Waals surface area contributed by atoms with Crippen LogP contribution in [0, 0.1) is 0 Å². The number of rotatable bonds is 5. The molecular formula is C18H16N2O2S2. The maximum absolute atomic E-state index is 12.6. The van der Waals surface area contributed by atoms with Crippen LogP contribution in [0.5, 0.6) is 0 Å². The van der Waals surface area contributed by atoms with E-state index in [0.717, 1.165) is 27.5 Å². The van der Waals surface area contributed by atoms with E-state index in [1.165, 1.54) is 18.3 Å². The van der Waals surface area contributed by atoms with Gasteiger partial charge in [-0.1, -0.05) is 65.6 Å². The van der Waals surface area contributed by atoms with E-state index in [1.54, 1.807) is 4.90 Å². The SMILES string of the molecule is CC(=O)SCC(=O)N(Cc1ccccc1)c1nc2ccccc2s1. The highest BCUT2D eigenvalue weighted by Crippen LogP contribution is 2.30. The molecule has 24 heavy (non-hydrogen) atoms. The molecule has 6 heteroatoms. The van der Waals surface area contributed by atoms with Crippen LogP contribution in [0.4, 0.5) is 5.13 Å². The van der Waals surface area contributed by atoms with Crippen molar-refractivity contribution in [3.8, 4) is 0 Å². The maximum Gasteiger partial charge on any atom is 0.239 e. The molecule has 0 saturated heterocycles. The van der Waals surface area contributed by atoms with E-state index in [4.69, 9.17) is 0 Å². The summed E-state index contributed by atoms with van der Waals surface area (Å²) < 4.78 is 1.04. The number of nitrogens with zero attached hydrogens (tertiary/aromatic N) is 2. The number of anilines is 1. The molecule has 3 aromatic rings. The molecule has 0 aliphatic rings. The Morgan fingerprint density at radius 2 is 1.79 bits per heavy atom. The normalized spacial score (nSPS) is 10.7. The number of amides is 1. The first-order valence-electron chi connectivity index (χ1n) is 7.47. The van der Waals surface area contributed by atoms with Crippen molar-refractivity contribution in [2.24, 2.45) is 0 Å². The summed E-state index contributed by atoms with van der Waals surface area (Å²) in [6.45, 7) is 1.91. The number of benzene rings is 2. The van der Waals surface area contributed by atoms with Gasteiger partial charge in [-0.25, -0.2) is 4.98 Å². The monoisotopic (exact) mass is 356 g/mol. The van der Waals surface area contributed by atoms with Crippen molar-refractivity contribution in [2.45, 2.75) is 13.5 Å². The Morgan fingerprint density at radius 3 is 2.50 bits per heavy atom. The third-order valence-corrected chi connectivity index (χ3v) is 5.25. The maximum atomic E-state index is 12.6. The van der Waals surface area contributed by atoms with E-state index in [2.05, 4.69) is 4.98 Å². The lowest BCUT2D eigenvalue weighted by molar-refractivity contribution is -0.116. The van der Waals surface area contributed by atoms with Crippen LogP contribution in [-0.2, 0) is 16.1 Å². The summed E-state index contributed by atoms with van der Waals surface area (Å²) in [5.41, 5.74) is 1.90. The Kier molecular flexibility index (Phi) is 5.27. The number of thioether (sulfide) groups is 1. The Hall–Kier alpha value is -2.18. The zero-order valence-corrected chi connectivity index (χ0v) is 14.8. The van der Waals surface area contributed by atoms with Crippen LogP contribution in [0.1, 0.15) is 12.5 Å². The molecular weight excluding hydrogens is 340 g/mol. The zero-order valence-electron chi connectivity index (χ0n) is 13.1. The molecule has 0 N–H and O–H groups in total. The van der Waals surface area contributed by atoms with Gasteiger partial charge in [0.1, 0.15) is 0 Å². The molecule has 0 fully saturated rings. The Morgan fingerprint density at radius 1 is 1.08 bits per heavy atom. The van der Waals surface area contributed by atoms with Crippen LogP contribution in [-0.4, -0.2) is 21.8 Å². The molecule has 0 radical (unpaired) electrons. The predicted molar refractivity (Wildman–Crippen MR) is 100 cm³/mol. The quantitative estimate of drug-likeness (QED) is 0.690. The molecule has 2 aromatic carbocycles. The van der Waals surface area contributed by atoms with Crippen molar-refractivity contribution < 1.29 is 9.59 Å². The number of hydrogen-bond donors (Lipinski definition) is 0. The number of para-hydroxylation sites is 1. The summed E-state index contributed by atoms with van der Waals surface area (Å²) >= 11 is 2.51. The summed E-state index contributed by atoms with van der Waals surface area (Å²) in [5.74, 6) is 0.0102. The Balaban J connectivity index is 1.91. The van der Waals surface area contributed by atoms with Crippen LogP contribution in [0.25, 0.3) is 10.2 Å². The van der Waals surface area contributed by atoms with Gasteiger partial charge in [-0.3, -0.25) is 14.5 Å². The molecule has 1 heterocycles. The van der Waals surface area contributed by atoms with Crippen molar-refractivity contribution in [1.82, 2.24) is 4.98 Å². The van der Waals surface area contributed by atoms with Gasteiger partial charge in [0.25, 0.3) is 0 Å². The zero-order chi connectivity index (χ0) is 16.9. The second-order valence-electron chi connectivity index (χ2n) is 5.21. The summed E-state index contributed by atoms with van der Waals surface area (Å²) in [6, 6.07) is 17.6. The van der Waals surface area contributed by atoms with Gasteiger partial charge >= 0.3 is 0 Å². The topological polar surface area (TPSA) is 50.3 Å². The predicted octanol–water partition coefficient (Wildman–Crippen LogP) is 4.11. The molecule has 3 rings (SSSR count). The lowest BCUT2D eigenvalue weighted by atomic mass is 10.2. The first kappa shape index (κ1) is 16.7. The minimum atomic E-state index is -0.113. The number of carbonyl (C=O) groups is 2. The molecule has 0 aliphatic carbocycles. The van der Waals surface area contributed by atoms with Crippen LogP contribution in [0.15, 0.2) is 54.6 Å². The van der Waals surface area contributed by atoms with E-state index >= 15 is 0 Å². The number of fused-ring (bicyclic) bond motifs is 1. The lowest BCUT2D eigenvalue weighted by Crippen LogP contribution is -2.32. The van der Waals surface area contributed by atoms with Gasteiger partial charge in [-0.15, -0.1) is 0 Å². The molecule has 1 aromatic heterocycles. The van der Waals surface area contributed by atoms with Crippen LogP contribution in [0.2, 0.25) is 0 Å². The largest absolute Gasteiger partial charge is 0.288 e. The van der Waals surface area contributed by atoms with E-state index < -0.39 is 0 Å². The minimum Gasteiger partial charge on any atom is -0.288 e. The standard InChI is InChI=1S/C18H16N2O2S2/c1-13(21)23-12-17(22)20(11-14-7-3-2-4-8-14)18-19-15-9-5-6-10-16(15)24-18/h2-10H,11-12H2,1H3. The van der Waals surface area contributed by atoms with Gasteiger partial charge in [-0.05, 0) is 17.7 Å². The first-order chi connectivity index (χ1) is 11.6. The fourth-order valence-electron chi connectivity index (χ4n) is 2.25. The molecule has 0 aliphatic heterocycles. The van der Waals surface area contributed by atoms with Gasteiger partial charge in [0, 0.05) is 6.92 Å². The molecule has 0 spiro atoms. The third kappa shape index (κ3) is 4.01. The molecule has 122 valence electrons. The first-order valence-corrected chi connectivity index (χ1v) is 9.27. The van der Waals surface area contributed by atoms with E-state index in [1.807, 2.05) is 54.6 Å². The van der Waals surface area contributed by atoms with Crippen molar-refractivity contribution in [3.05, 3.63) is 60.2 Å². The van der Waals surface area contributed by atoms with Gasteiger partial charge in [0.15, 0.2) is 10.2 Å². The van der Waals surface area contributed by atoms with Crippen molar-refractivity contribution in [2.75, 3.05) is 10.7 Å². The lowest BCUT2D eigenvalue weighted by Gasteiger charge is -2.19. The molecule has 0 bridgehead atoms. The average Bonchev–Trinajstić information content (AvgIpc) is 3.02. The minimum absolute atomic E-state index is 0.0627. The number of aromatic nitrogens is 1. The molecule has 0 atom stereocenters. The van der Waals surface area contributed by atoms with Crippen LogP contribution >= 0.6 is 23.1 Å². The van der Waals surface area contributed by atoms with Crippen LogP contribution in [0.3, 0.4) is 0 Å². The number of thiazole rings is 1. The summed E-state index contributed by atoms with van der Waals surface area (Å²) in [5, 5.41) is 0.599. The second-order valence-corrected chi connectivity index (χ2v) is 7.37. The average molecular weight is 356 g/mol. The van der Waals surface area contributed by atoms with Gasteiger partial charge < -0.3 is 0 Å². The summed E-state index contributed by atoms with van der Waals surface area (Å²) in [4.78, 5) is 30.1. The van der Waals surface area contributed by atoms with Crippen LogP contribution < -0.4 is 4.90 Å². The van der Waals surface area contributed by atoms with Crippen molar-refractivity contribution in [3.63, 3.8) is 0 Å². The van der Waals surface area contributed by atoms with Crippen molar-refractivity contribution in [1.29, 1.82) is 0 Å². The highest BCUT2D eigenvalue weighted by atomic mass is 32.2. The number of carbonyl (C=O) groups excluding carboxylic acids is 2. The highest BCUT2D eigenvalue weighted by molar-refractivity contribution is 8.14. The van der Waals surface area contributed by atoms with Gasteiger partial charge in [0.2, 0.25) is 5.91 Å². The second kappa shape index (κ2) is 7.59. The highest BCUT2D eigenvalue weighted by Gasteiger charge is 2.20. The van der Waals surface area contributed by atoms with E-state index in [-0.39, 0.29) is 16.8 Å². The third-order valence-electron chi connectivity index (χ3n) is 3.40. The van der Waals surface area contributed by atoms with Gasteiger partial charge in [-0.2, -0.15) is 0 Å². The molecule has 1 amide bonds. The molecule has 0 unspecified atom stereocenters. The molecule has 0 saturated carbocycles.